The molecule has 1 rings (SSSR count). The summed E-state index contributed by atoms with van der Waals surface area (Å²) in [7, 11) is 1.35. The van der Waals surface area contributed by atoms with Crippen LogP contribution < -0.4 is 0 Å². The van der Waals surface area contributed by atoms with Gasteiger partial charge in [-0.2, -0.15) is 0 Å². The fraction of sp³-hybridized carbons (Fsp3) is 0.231. The molecule has 1 aromatic carbocycles. The molecule has 0 fully saturated rings. The predicted octanol–water partition coefficient (Wildman–Crippen LogP) is 2.33. The third-order valence-corrected chi connectivity index (χ3v) is 2.00. The molecular formula is C13H15NO2. The van der Waals surface area contributed by atoms with Crippen LogP contribution in [0.1, 0.15) is 12.5 Å². The van der Waals surface area contributed by atoms with Gasteiger partial charge in [0, 0.05) is 5.71 Å². The average molecular weight is 217 g/mol. The third kappa shape index (κ3) is 4.55. The fourth-order valence-electron chi connectivity index (χ4n) is 1.09. The number of hydrogen-bond acceptors (Lipinski definition) is 3. The molecule has 84 valence electrons. The summed E-state index contributed by atoms with van der Waals surface area (Å²) in [6.07, 6.45) is 3.83. The van der Waals surface area contributed by atoms with Crippen molar-refractivity contribution in [1.82, 2.24) is 0 Å². The van der Waals surface area contributed by atoms with Gasteiger partial charge in [0.05, 0.1) is 7.11 Å². The van der Waals surface area contributed by atoms with E-state index in [1.807, 2.05) is 49.4 Å². The lowest BCUT2D eigenvalue weighted by molar-refractivity contribution is -0.138. The number of carbonyl (C=O) groups excluding carboxylic acids is 1. The van der Waals surface area contributed by atoms with E-state index < -0.39 is 0 Å². The minimum absolute atomic E-state index is 0.0709. The van der Waals surface area contributed by atoms with Gasteiger partial charge in [-0.1, -0.05) is 36.4 Å². The second-order valence-electron chi connectivity index (χ2n) is 3.28. The van der Waals surface area contributed by atoms with E-state index in [2.05, 4.69) is 9.73 Å². The highest BCUT2D eigenvalue weighted by atomic mass is 16.5. The van der Waals surface area contributed by atoms with Gasteiger partial charge in [0.15, 0.2) is 0 Å². The first-order valence-electron chi connectivity index (χ1n) is 5.03. The minimum Gasteiger partial charge on any atom is -0.468 e. The topological polar surface area (TPSA) is 38.7 Å². The van der Waals surface area contributed by atoms with E-state index in [-0.39, 0.29) is 12.5 Å². The molecular weight excluding hydrogens is 202 g/mol. The lowest BCUT2D eigenvalue weighted by Crippen LogP contribution is -2.05. The molecule has 0 heterocycles. The van der Waals surface area contributed by atoms with E-state index >= 15 is 0 Å². The van der Waals surface area contributed by atoms with Gasteiger partial charge in [0.2, 0.25) is 0 Å². The van der Waals surface area contributed by atoms with Crippen LogP contribution in [0.25, 0.3) is 6.08 Å². The van der Waals surface area contributed by atoms with Gasteiger partial charge in [-0.25, -0.2) is 0 Å². The number of hydrogen-bond donors (Lipinski definition) is 0. The standard InChI is InChI=1S/C13H15NO2/c1-11(14-10-13(15)16-2)8-9-12-6-4-3-5-7-12/h3-9H,10H2,1-2H3/b9-8+,14-11-. The van der Waals surface area contributed by atoms with Crippen molar-refractivity contribution in [1.29, 1.82) is 0 Å². The van der Waals surface area contributed by atoms with Gasteiger partial charge in [-0.3, -0.25) is 9.79 Å². The highest BCUT2D eigenvalue weighted by Crippen LogP contribution is 2.01. The van der Waals surface area contributed by atoms with Crippen molar-refractivity contribution in [2.45, 2.75) is 6.92 Å². The molecule has 0 unspecified atom stereocenters. The van der Waals surface area contributed by atoms with Crippen molar-refractivity contribution in [3.63, 3.8) is 0 Å². The van der Waals surface area contributed by atoms with Gasteiger partial charge in [-0.15, -0.1) is 0 Å². The zero-order valence-corrected chi connectivity index (χ0v) is 9.51. The number of methoxy groups -OCH3 is 1. The van der Waals surface area contributed by atoms with Crippen LogP contribution in [0.15, 0.2) is 41.4 Å². The Labute approximate surface area is 95.5 Å². The van der Waals surface area contributed by atoms with Crippen LogP contribution in [0.3, 0.4) is 0 Å². The van der Waals surface area contributed by atoms with Crippen molar-refractivity contribution in [2.75, 3.05) is 13.7 Å². The van der Waals surface area contributed by atoms with E-state index in [9.17, 15) is 4.79 Å². The first-order chi connectivity index (χ1) is 7.72. The predicted molar refractivity (Wildman–Crippen MR) is 65.5 cm³/mol. The van der Waals surface area contributed by atoms with Crippen molar-refractivity contribution < 1.29 is 9.53 Å². The third-order valence-electron chi connectivity index (χ3n) is 2.00. The Hall–Kier alpha value is -1.90. The maximum Gasteiger partial charge on any atom is 0.327 e. The van der Waals surface area contributed by atoms with Gasteiger partial charge < -0.3 is 4.74 Å². The maximum absolute atomic E-state index is 10.8. The van der Waals surface area contributed by atoms with Crippen molar-refractivity contribution in [3.8, 4) is 0 Å². The highest BCUT2D eigenvalue weighted by molar-refractivity contribution is 5.97. The number of esters is 1. The minimum atomic E-state index is -0.326. The zero-order valence-electron chi connectivity index (χ0n) is 9.51. The normalized spacial score (nSPS) is 11.8. The molecule has 0 saturated heterocycles. The summed E-state index contributed by atoms with van der Waals surface area (Å²) in [6.45, 7) is 1.92. The van der Waals surface area contributed by atoms with Crippen LogP contribution in [0.4, 0.5) is 0 Å². The SMILES string of the molecule is COC(=O)C/N=C(C)\C=C\c1ccccc1. The Morgan fingerprint density at radius 3 is 2.69 bits per heavy atom. The molecule has 3 nitrogen and oxygen atoms in total. The number of allylic oxidation sites excluding steroid dienone is 1. The molecule has 0 radical (unpaired) electrons. The van der Waals surface area contributed by atoms with E-state index in [1.54, 1.807) is 0 Å². The summed E-state index contributed by atoms with van der Waals surface area (Å²) < 4.78 is 4.49. The number of benzene rings is 1. The molecule has 0 saturated carbocycles. The summed E-state index contributed by atoms with van der Waals surface area (Å²) in [4.78, 5) is 14.9. The molecule has 0 amide bonds. The van der Waals surface area contributed by atoms with Crippen LogP contribution >= 0.6 is 0 Å². The molecule has 1 aromatic rings. The smallest absolute Gasteiger partial charge is 0.327 e. The second-order valence-corrected chi connectivity index (χ2v) is 3.28. The average Bonchev–Trinajstić information content (AvgIpc) is 2.34. The van der Waals surface area contributed by atoms with Crippen molar-refractivity contribution in [2.24, 2.45) is 4.99 Å². The molecule has 0 spiro atoms. The van der Waals surface area contributed by atoms with E-state index in [1.165, 1.54) is 7.11 Å². The van der Waals surface area contributed by atoms with Crippen LogP contribution in [0, 0.1) is 0 Å². The Morgan fingerprint density at radius 1 is 1.38 bits per heavy atom. The molecule has 0 aromatic heterocycles. The summed E-state index contributed by atoms with van der Waals surface area (Å²) in [5.41, 5.74) is 1.91. The van der Waals surface area contributed by atoms with Crippen LogP contribution in [0.5, 0.6) is 0 Å². The first-order valence-corrected chi connectivity index (χ1v) is 5.03. The molecule has 0 atom stereocenters. The largest absolute Gasteiger partial charge is 0.468 e. The summed E-state index contributed by atoms with van der Waals surface area (Å²) in [5, 5.41) is 0. The number of carbonyl (C=O) groups is 1. The quantitative estimate of drug-likeness (QED) is 0.573. The summed E-state index contributed by atoms with van der Waals surface area (Å²) in [6, 6.07) is 9.92. The Balaban J connectivity index is 2.54. The Morgan fingerprint density at radius 2 is 2.06 bits per heavy atom. The van der Waals surface area contributed by atoms with Crippen LogP contribution in [-0.2, 0) is 9.53 Å². The number of nitrogens with zero attached hydrogens (tertiary/aromatic N) is 1. The highest BCUT2D eigenvalue weighted by Gasteiger charge is 1.95. The lowest BCUT2D eigenvalue weighted by Gasteiger charge is -1.95. The van der Waals surface area contributed by atoms with Crippen molar-refractivity contribution in [3.05, 3.63) is 42.0 Å². The monoisotopic (exact) mass is 217 g/mol. The van der Waals surface area contributed by atoms with Gasteiger partial charge >= 0.3 is 5.97 Å². The van der Waals surface area contributed by atoms with Gasteiger partial charge in [0.1, 0.15) is 6.54 Å². The summed E-state index contributed by atoms with van der Waals surface area (Å²) in [5.74, 6) is -0.326. The van der Waals surface area contributed by atoms with Crippen LogP contribution in [-0.4, -0.2) is 25.3 Å². The number of ether oxygens (including phenoxy) is 1. The van der Waals surface area contributed by atoms with E-state index in [0.717, 1.165) is 11.3 Å². The first kappa shape index (κ1) is 12.2. The molecule has 0 N–H and O–H groups in total. The van der Waals surface area contributed by atoms with E-state index in [0.29, 0.717) is 0 Å². The second kappa shape index (κ2) is 6.56. The van der Waals surface area contributed by atoms with Gasteiger partial charge in [-0.05, 0) is 18.6 Å². The molecule has 3 heteroatoms. The number of rotatable bonds is 4. The maximum atomic E-state index is 10.8. The Kier molecular flexibility index (Phi) is 4.99. The number of aliphatic imine (C=N–C) groups is 1. The zero-order chi connectivity index (χ0) is 11.8. The molecule has 16 heavy (non-hydrogen) atoms. The van der Waals surface area contributed by atoms with Crippen LogP contribution in [0.2, 0.25) is 0 Å². The Bertz CT molecular complexity index is 394. The van der Waals surface area contributed by atoms with E-state index in [4.69, 9.17) is 0 Å². The lowest BCUT2D eigenvalue weighted by atomic mass is 10.2. The molecule has 0 bridgehead atoms. The van der Waals surface area contributed by atoms with Gasteiger partial charge in [0.25, 0.3) is 0 Å². The molecule has 0 aliphatic rings. The molecule has 0 aliphatic carbocycles. The summed E-state index contributed by atoms with van der Waals surface area (Å²) >= 11 is 0. The van der Waals surface area contributed by atoms with Crippen molar-refractivity contribution >= 4 is 17.8 Å². The molecule has 0 aliphatic heterocycles. The fourth-order valence-corrected chi connectivity index (χ4v) is 1.09.